The molecule has 3 rings (SSSR count). The molecule has 1 aromatic heterocycles. The Morgan fingerprint density at radius 1 is 1.00 bits per heavy atom. The van der Waals surface area contributed by atoms with Crippen molar-refractivity contribution in [3.05, 3.63) is 71.3 Å². The summed E-state index contributed by atoms with van der Waals surface area (Å²) in [6, 6.07) is 14.3. The van der Waals surface area contributed by atoms with E-state index < -0.39 is 0 Å². The molecule has 0 atom stereocenters. The predicted molar refractivity (Wildman–Crippen MR) is 102 cm³/mol. The Labute approximate surface area is 157 Å². The molecule has 0 amide bonds. The third kappa shape index (κ3) is 4.64. The summed E-state index contributed by atoms with van der Waals surface area (Å²) in [6.07, 6.45) is 0. The molecule has 0 aliphatic carbocycles. The predicted octanol–water partition coefficient (Wildman–Crippen LogP) is 4.95. The topological polar surface area (TPSA) is 39.9 Å². The van der Waals surface area contributed by atoms with Crippen molar-refractivity contribution in [3.63, 3.8) is 0 Å². The van der Waals surface area contributed by atoms with Crippen LogP contribution >= 0.6 is 11.8 Å². The monoisotopic (exact) mass is 371 g/mol. The normalized spacial score (nSPS) is 11.1. The number of benzene rings is 2. The van der Waals surface area contributed by atoms with Gasteiger partial charge in [-0.1, -0.05) is 49.9 Å². The molecule has 0 unspecified atom stereocenters. The lowest BCUT2D eigenvalue weighted by atomic mass is 10.2. The Hall–Kier alpha value is -2.34. The highest BCUT2D eigenvalue weighted by atomic mass is 32.2. The molecular weight excluding hydrogens is 349 g/mol. The summed E-state index contributed by atoms with van der Waals surface area (Å²) in [7, 11) is 2.00. The molecule has 6 heteroatoms. The largest absolute Gasteiger partial charge is 0.489 e. The number of ether oxygens (including phenoxy) is 1. The zero-order valence-corrected chi connectivity index (χ0v) is 16.0. The van der Waals surface area contributed by atoms with Crippen LogP contribution < -0.4 is 4.74 Å². The minimum Gasteiger partial charge on any atom is -0.489 e. The Kier molecular flexibility index (Phi) is 5.93. The minimum atomic E-state index is -0.237. The van der Waals surface area contributed by atoms with Gasteiger partial charge in [0.2, 0.25) is 0 Å². The molecule has 3 aromatic rings. The third-order valence-corrected chi connectivity index (χ3v) is 5.09. The maximum Gasteiger partial charge on any atom is 0.191 e. The van der Waals surface area contributed by atoms with Crippen molar-refractivity contribution < 1.29 is 9.13 Å². The van der Waals surface area contributed by atoms with E-state index in [-0.39, 0.29) is 5.82 Å². The lowest BCUT2D eigenvalue weighted by molar-refractivity contribution is 0.306. The van der Waals surface area contributed by atoms with Crippen molar-refractivity contribution in [2.45, 2.75) is 37.3 Å². The van der Waals surface area contributed by atoms with Gasteiger partial charge in [0.25, 0.3) is 0 Å². The van der Waals surface area contributed by atoms with Crippen LogP contribution in [0, 0.1) is 5.82 Å². The van der Waals surface area contributed by atoms with E-state index in [1.165, 1.54) is 17.7 Å². The van der Waals surface area contributed by atoms with E-state index in [9.17, 15) is 4.39 Å². The molecule has 0 saturated carbocycles. The van der Waals surface area contributed by atoms with E-state index in [0.29, 0.717) is 12.5 Å². The fourth-order valence-electron chi connectivity index (χ4n) is 2.53. The molecule has 0 aliphatic rings. The first-order valence-electron chi connectivity index (χ1n) is 8.51. The van der Waals surface area contributed by atoms with Crippen LogP contribution in [0.25, 0.3) is 0 Å². The van der Waals surface area contributed by atoms with Crippen LogP contribution in [-0.2, 0) is 19.4 Å². The Bertz CT molecular complexity index is 844. The average Bonchev–Trinajstić information content (AvgIpc) is 3.01. The molecule has 0 spiro atoms. The summed E-state index contributed by atoms with van der Waals surface area (Å²) < 4.78 is 20.7. The number of hydrogen-bond donors (Lipinski definition) is 0. The van der Waals surface area contributed by atoms with Gasteiger partial charge in [-0.15, -0.1) is 10.2 Å². The fraction of sp³-hybridized carbons (Fsp3) is 0.300. The van der Waals surface area contributed by atoms with Crippen LogP contribution in [0.5, 0.6) is 5.75 Å². The van der Waals surface area contributed by atoms with Gasteiger partial charge in [0.1, 0.15) is 24.0 Å². The molecule has 0 bridgehead atoms. The van der Waals surface area contributed by atoms with E-state index in [1.54, 1.807) is 23.9 Å². The maximum atomic E-state index is 12.9. The molecule has 0 radical (unpaired) electrons. The molecule has 26 heavy (non-hydrogen) atoms. The number of thioether (sulfide) groups is 1. The highest BCUT2D eigenvalue weighted by Crippen LogP contribution is 2.24. The number of nitrogens with zero attached hydrogens (tertiary/aromatic N) is 3. The van der Waals surface area contributed by atoms with Gasteiger partial charge in [-0.3, -0.25) is 0 Å². The highest BCUT2D eigenvalue weighted by Gasteiger charge is 2.12. The van der Waals surface area contributed by atoms with E-state index >= 15 is 0 Å². The third-order valence-electron chi connectivity index (χ3n) is 4.00. The van der Waals surface area contributed by atoms with Crippen LogP contribution in [0.3, 0.4) is 0 Å². The zero-order valence-electron chi connectivity index (χ0n) is 15.1. The summed E-state index contributed by atoms with van der Waals surface area (Å²) in [6.45, 7) is 4.65. The van der Waals surface area contributed by atoms with E-state index in [1.807, 2.05) is 31.3 Å². The van der Waals surface area contributed by atoms with Crippen molar-refractivity contribution in [1.82, 2.24) is 14.8 Å². The summed E-state index contributed by atoms with van der Waals surface area (Å²) in [5, 5.41) is 9.43. The molecule has 0 fully saturated rings. The number of aromatic nitrogens is 3. The summed E-state index contributed by atoms with van der Waals surface area (Å²) in [4.78, 5) is 0. The first kappa shape index (κ1) is 18.5. The van der Waals surface area contributed by atoms with Crippen LogP contribution in [0.4, 0.5) is 4.39 Å². The fourth-order valence-corrected chi connectivity index (χ4v) is 3.41. The van der Waals surface area contributed by atoms with Crippen molar-refractivity contribution in [3.8, 4) is 5.75 Å². The van der Waals surface area contributed by atoms with Crippen LogP contribution in [0.15, 0.2) is 53.7 Å². The van der Waals surface area contributed by atoms with Crippen molar-refractivity contribution in [2.24, 2.45) is 7.05 Å². The Morgan fingerprint density at radius 3 is 2.27 bits per heavy atom. The minimum absolute atomic E-state index is 0.237. The summed E-state index contributed by atoms with van der Waals surface area (Å²) in [5.41, 5.74) is 2.13. The van der Waals surface area contributed by atoms with Crippen LogP contribution in [0.1, 0.15) is 36.7 Å². The van der Waals surface area contributed by atoms with Gasteiger partial charge in [0, 0.05) is 18.7 Å². The van der Waals surface area contributed by atoms with Crippen LogP contribution in [-0.4, -0.2) is 14.8 Å². The molecule has 1 heterocycles. The van der Waals surface area contributed by atoms with Gasteiger partial charge in [0.15, 0.2) is 5.16 Å². The smallest absolute Gasteiger partial charge is 0.191 e. The average molecular weight is 371 g/mol. The SMILES string of the molecule is CC(C)c1nnc(SCc2ccc(OCc3ccc(F)cc3)cc2)n1C. The molecular formula is C20H22FN3OS. The first-order chi connectivity index (χ1) is 12.5. The molecule has 2 aromatic carbocycles. The first-order valence-corrected chi connectivity index (χ1v) is 9.50. The molecule has 4 nitrogen and oxygen atoms in total. The number of rotatable bonds is 7. The van der Waals surface area contributed by atoms with E-state index in [2.05, 4.69) is 28.6 Å². The van der Waals surface area contributed by atoms with E-state index in [0.717, 1.165) is 28.0 Å². The van der Waals surface area contributed by atoms with E-state index in [4.69, 9.17) is 4.74 Å². The molecule has 0 aliphatic heterocycles. The second-order valence-corrected chi connectivity index (χ2v) is 7.34. The van der Waals surface area contributed by atoms with Gasteiger partial charge in [0.05, 0.1) is 0 Å². The Balaban J connectivity index is 1.53. The quantitative estimate of drug-likeness (QED) is 0.551. The zero-order chi connectivity index (χ0) is 18.5. The number of hydrogen-bond acceptors (Lipinski definition) is 4. The van der Waals surface area contributed by atoms with Crippen molar-refractivity contribution in [2.75, 3.05) is 0 Å². The second kappa shape index (κ2) is 8.36. The standard InChI is InChI=1S/C20H22FN3OS/c1-14(2)19-22-23-20(24(19)3)26-13-16-6-10-18(11-7-16)25-12-15-4-8-17(21)9-5-15/h4-11,14H,12-13H2,1-3H3. The van der Waals surface area contributed by atoms with Gasteiger partial charge >= 0.3 is 0 Å². The van der Waals surface area contributed by atoms with Crippen LogP contribution in [0.2, 0.25) is 0 Å². The molecule has 136 valence electrons. The van der Waals surface area contributed by atoms with Crippen molar-refractivity contribution >= 4 is 11.8 Å². The molecule has 0 N–H and O–H groups in total. The lowest BCUT2D eigenvalue weighted by Crippen LogP contribution is -2.00. The summed E-state index contributed by atoms with van der Waals surface area (Å²) in [5.74, 6) is 2.74. The van der Waals surface area contributed by atoms with Gasteiger partial charge in [-0.25, -0.2) is 4.39 Å². The molecule has 0 saturated heterocycles. The summed E-state index contributed by atoms with van der Waals surface area (Å²) >= 11 is 1.67. The van der Waals surface area contributed by atoms with Gasteiger partial charge < -0.3 is 9.30 Å². The maximum absolute atomic E-state index is 12.9. The Morgan fingerprint density at radius 2 is 1.65 bits per heavy atom. The van der Waals surface area contributed by atoms with Gasteiger partial charge in [-0.2, -0.15) is 0 Å². The van der Waals surface area contributed by atoms with Crippen molar-refractivity contribution in [1.29, 1.82) is 0 Å². The number of halogens is 1. The second-order valence-electron chi connectivity index (χ2n) is 6.40. The van der Waals surface area contributed by atoms with Gasteiger partial charge in [-0.05, 0) is 35.4 Å². The highest BCUT2D eigenvalue weighted by molar-refractivity contribution is 7.98. The lowest BCUT2D eigenvalue weighted by Gasteiger charge is -2.08.